The van der Waals surface area contributed by atoms with E-state index in [1.54, 1.807) is 0 Å². The lowest BCUT2D eigenvalue weighted by atomic mass is 9.99. The first kappa shape index (κ1) is 19.0. The predicted molar refractivity (Wildman–Crippen MR) is 87.5 cm³/mol. The second kappa shape index (κ2) is 9.16. The number of amides is 1. The third-order valence-corrected chi connectivity index (χ3v) is 4.63. The molecule has 3 atom stereocenters. The molecular weight excluding hydrogens is 313 g/mol. The van der Waals surface area contributed by atoms with Gasteiger partial charge in [0.25, 0.3) is 0 Å². The lowest BCUT2D eigenvalue weighted by Crippen LogP contribution is -2.49. The summed E-state index contributed by atoms with van der Waals surface area (Å²) in [4.78, 5) is 14.7. The van der Waals surface area contributed by atoms with E-state index in [-0.39, 0.29) is 36.8 Å². The summed E-state index contributed by atoms with van der Waals surface area (Å²) < 4.78 is 5.39. The van der Waals surface area contributed by atoms with Crippen LogP contribution in [0.3, 0.4) is 0 Å². The molecular formula is C14H27Cl2N3O2. The zero-order valence-electron chi connectivity index (χ0n) is 12.4. The number of carbonyl (C=O) groups is 1. The van der Waals surface area contributed by atoms with Crippen LogP contribution in [0.25, 0.3) is 0 Å². The van der Waals surface area contributed by atoms with Crippen molar-refractivity contribution in [2.24, 2.45) is 0 Å². The summed E-state index contributed by atoms with van der Waals surface area (Å²) in [7, 11) is 0. The Bertz CT molecular complexity index is 327. The van der Waals surface area contributed by atoms with E-state index >= 15 is 0 Å². The van der Waals surface area contributed by atoms with Crippen LogP contribution in [0.4, 0.5) is 0 Å². The van der Waals surface area contributed by atoms with Crippen molar-refractivity contribution in [2.45, 2.75) is 50.2 Å². The molecule has 0 aromatic heterocycles. The van der Waals surface area contributed by atoms with Gasteiger partial charge in [0.05, 0.1) is 13.2 Å². The van der Waals surface area contributed by atoms with Gasteiger partial charge < -0.3 is 15.4 Å². The number of carbonyl (C=O) groups excluding carboxylic acids is 1. The highest BCUT2D eigenvalue weighted by Crippen LogP contribution is 2.27. The molecule has 3 aliphatic rings. The van der Waals surface area contributed by atoms with Gasteiger partial charge in [-0.05, 0) is 25.8 Å². The van der Waals surface area contributed by atoms with E-state index in [1.165, 1.54) is 25.8 Å². The number of piperidine rings is 1. The fourth-order valence-corrected chi connectivity index (χ4v) is 3.66. The molecule has 3 rings (SSSR count). The van der Waals surface area contributed by atoms with Gasteiger partial charge in [-0.2, -0.15) is 0 Å². The van der Waals surface area contributed by atoms with Crippen molar-refractivity contribution >= 4 is 30.7 Å². The van der Waals surface area contributed by atoms with E-state index in [2.05, 4.69) is 15.5 Å². The van der Waals surface area contributed by atoms with Crippen molar-refractivity contribution in [3.63, 3.8) is 0 Å². The number of ether oxygens (including phenoxy) is 1. The molecule has 3 saturated heterocycles. The third kappa shape index (κ3) is 4.96. The van der Waals surface area contributed by atoms with Gasteiger partial charge in [-0.15, -0.1) is 24.8 Å². The topological polar surface area (TPSA) is 53.6 Å². The molecule has 7 heteroatoms. The molecule has 0 bridgehead atoms. The van der Waals surface area contributed by atoms with Crippen LogP contribution in [0.1, 0.15) is 32.1 Å². The lowest BCUT2D eigenvalue weighted by Gasteiger charge is -2.33. The number of fused-ring (bicyclic) bond motifs is 1. The Balaban J connectivity index is 0.00000110. The van der Waals surface area contributed by atoms with E-state index < -0.39 is 0 Å². The minimum atomic E-state index is 0. The fourth-order valence-electron chi connectivity index (χ4n) is 3.66. The van der Waals surface area contributed by atoms with Crippen molar-refractivity contribution in [3.05, 3.63) is 0 Å². The molecule has 0 spiro atoms. The molecule has 124 valence electrons. The van der Waals surface area contributed by atoms with Gasteiger partial charge >= 0.3 is 0 Å². The average molecular weight is 340 g/mol. The molecule has 0 radical (unpaired) electrons. The average Bonchev–Trinajstić information content (AvgIpc) is 2.83. The maximum Gasteiger partial charge on any atom is 0.221 e. The van der Waals surface area contributed by atoms with Crippen LogP contribution in [0.15, 0.2) is 0 Å². The molecule has 0 saturated carbocycles. The Labute approximate surface area is 139 Å². The highest BCUT2D eigenvalue weighted by Gasteiger charge is 2.36. The number of hydrogen-bond donors (Lipinski definition) is 2. The summed E-state index contributed by atoms with van der Waals surface area (Å²) in [5.41, 5.74) is 0. The van der Waals surface area contributed by atoms with E-state index in [4.69, 9.17) is 4.74 Å². The summed E-state index contributed by atoms with van der Waals surface area (Å²) in [6, 6.07) is 1.16. The summed E-state index contributed by atoms with van der Waals surface area (Å²) >= 11 is 0. The summed E-state index contributed by atoms with van der Waals surface area (Å²) in [6.07, 6.45) is 5.54. The van der Waals surface area contributed by atoms with E-state index in [0.29, 0.717) is 25.1 Å². The van der Waals surface area contributed by atoms with Gasteiger partial charge in [0, 0.05) is 37.6 Å². The highest BCUT2D eigenvalue weighted by molar-refractivity contribution is 5.85. The molecule has 1 amide bonds. The van der Waals surface area contributed by atoms with Crippen LogP contribution in [0, 0.1) is 0 Å². The first-order valence-electron chi connectivity index (χ1n) is 7.67. The fraction of sp³-hybridized carbons (Fsp3) is 0.929. The number of halogens is 2. The zero-order valence-corrected chi connectivity index (χ0v) is 14.0. The van der Waals surface area contributed by atoms with Gasteiger partial charge in [0.1, 0.15) is 0 Å². The molecule has 3 heterocycles. The van der Waals surface area contributed by atoms with E-state index in [9.17, 15) is 4.79 Å². The smallest absolute Gasteiger partial charge is 0.221 e. The van der Waals surface area contributed by atoms with Crippen LogP contribution >= 0.6 is 24.8 Å². The molecule has 0 aromatic carbocycles. The van der Waals surface area contributed by atoms with Crippen molar-refractivity contribution < 1.29 is 9.53 Å². The molecule has 21 heavy (non-hydrogen) atoms. The largest absolute Gasteiger partial charge is 0.378 e. The summed E-state index contributed by atoms with van der Waals surface area (Å²) in [6.45, 7) is 4.65. The van der Waals surface area contributed by atoms with Crippen LogP contribution in [-0.4, -0.2) is 61.8 Å². The Hall–Kier alpha value is -0.0700. The third-order valence-electron chi connectivity index (χ3n) is 4.63. The maximum absolute atomic E-state index is 12.1. The minimum Gasteiger partial charge on any atom is -0.378 e. The van der Waals surface area contributed by atoms with Gasteiger partial charge in [0.15, 0.2) is 0 Å². The summed E-state index contributed by atoms with van der Waals surface area (Å²) in [5.74, 6) is 0.181. The molecule has 0 aromatic rings. The minimum absolute atomic E-state index is 0. The Morgan fingerprint density at radius 2 is 2.10 bits per heavy atom. The highest BCUT2D eigenvalue weighted by atomic mass is 35.5. The first-order chi connectivity index (χ1) is 9.33. The predicted octanol–water partition coefficient (Wildman–Crippen LogP) is 0.952. The molecule has 3 aliphatic heterocycles. The first-order valence-corrected chi connectivity index (χ1v) is 7.67. The molecule has 5 nitrogen and oxygen atoms in total. The van der Waals surface area contributed by atoms with E-state index in [0.717, 1.165) is 26.1 Å². The number of nitrogens with one attached hydrogen (secondary N) is 2. The molecule has 3 fully saturated rings. The van der Waals surface area contributed by atoms with Crippen molar-refractivity contribution in [1.82, 2.24) is 15.5 Å². The normalized spacial score (nSPS) is 32.5. The number of rotatable bonds is 3. The Kier molecular flexibility index (Phi) is 8.27. The molecule has 3 unspecified atom stereocenters. The zero-order chi connectivity index (χ0) is 13.1. The van der Waals surface area contributed by atoms with Crippen LogP contribution in [0.5, 0.6) is 0 Å². The number of morpholine rings is 1. The second-order valence-electron chi connectivity index (χ2n) is 5.99. The van der Waals surface area contributed by atoms with Gasteiger partial charge in [-0.3, -0.25) is 9.69 Å². The SMILES string of the molecule is Cl.Cl.O=C(CC1COCCN1)NC1CCN2CCCCC12. The quantitative estimate of drug-likeness (QED) is 0.803. The monoisotopic (exact) mass is 339 g/mol. The summed E-state index contributed by atoms with van der Waals surface area (Å²) in [5, 5.41) is 6.58. The van der Waals surface area contributed by atoms with Gasteiger partial charge in [0.2, 0.25) is 5.91 Å². The van der Waals surface area contributed by atoms with Crippen molar-refractivity contribution in [3.8, 4) is 0 Å². The molecule has 0 aliphatic carbocycles. The molecule has 2 N–H and O–H groups in total. The van der Waals surface area contributed by atoms with Gasteiger partial charge in [-0.25, -0.2) is 0 Å². The lowest BCUT2D eigenvalue weighted by molar-refractivity contribution is -0.123. The van der Waals surface area contributed by atoms with E-state index in [1.807, 2.05) is 0 Å². The maximum atomic E-state index is 12.1. The van der Waals surface area contributed by atoms with Crippen molar-refractivity contribution in [1.29, 1.82) is 0 Å². The standard InChI is InChI=1S/C14H25N3O2.2ClH/c18-14(9-11-10-19-8-5-15-11)16-12-4-7-17-6-2-1-3-13(12)17;;/h11-13,15H,1-10H2,(H,16,18);2*1H. The second-order valence-corrected chi connectivity index (χ2v) is 5.99. The Morgan fingerprint density at radius 3 is 2.86 bits per heavy atom. The van der Waals surface area contributed by atoms with Crippen LogP contribution in [0.2, 0.25) is 0 Å². The number of hydrogen-bond acceptors (Lipinski definition) is 4. The van der Waals surface area contributed by atoms with Gasteiger partial charge in [-0.1, -0.05) is 6.42 Å². The van der Waals surface area contributed by atoms with Crippen LogP contribution < -0.4 is 10.6 Å². The van der Waals surface area contributed by atoms with Crippen molar-refractivity contribution in [2.75, 3.05) is 32.8 Å². The number of nitrogens with zero attached hydrogens (tertiary/aromatic N) is 1. The Morgan fingerprint density at radius 1 is 1.24 bits per heavy atom. The van der Waals surface area contributed by atoms with Crippen LogP contribution in [-0.2, 0) is 9.53 Å².